The summed E-state index contributed by atoms with van der Waals surface area (Å²) in [4.78, 5) is 11.7. The summed E-state index contributed by atoms with van der Waals surface area (Å²) in [5.41, 5.74) is -0.270. The zero-order valence-corrected chi connectivity index (χ0v) is 12.4. The molecule has 0 aliphatic heterocycles. The van der Waals surface area contributed by atoms with Crippen molar-refractivity contribution in [1.82, 2.24) is 4.72 Å². The van der Waals surface area contributed by atoms with Gasteiger partial charge in [-0.2, -0.15) is 0 Å². The number of carbonyl (C=O) groups is 1. The van der Waals surface area contributed by atoms with Crippen LogP contribution < -0.4 is 9.46 Å². The highest BCUT2D eigenvalue weighted by Crippen LogP contribution is 2.20. The van der Waals surface area contributed by atoms with Crippen LogP contribution in [-0.2, 0) is 14.8 Å². The molecule has 1 amide bonds. The fraction of sp³-hybridized carbons (Fsp3) is 0.462. The van der Waals surface area contributed by atoms with Crippen molar-refractivity contribution in [2.45, 2.75) is 32.1 Å². The van der Waals surface area contributed by atoms with E-state index < -0.39 is 15.9 Å². The van der Waals surface area contributed by atoms with E-state index in [-0.39, 0.29) is 16.7 Å². The van der Waals surface area contributed by atoms with Gasteiger partial charge in [-0.1, -0.05) is 26.8 Å². The molecule has 0 spiro atoms. The summed E-state index contributed by atoms with van der Waals surface area (Å²) in [7, 11) is -2.40. The molecule has 1 N–H and O–H groups in total. The Morgan fingerprint density at radius 2 is 1.95 bits per heavy atom. The van der Waals surface area contributed by atoms with Gasteiger partial charge >= 0.3 is 0 Å². The summed E-state index contributed by atoms with van der Waals surface area (Å²) < 4.78 is 31.0. The molecule has 0 bridgehead atoms. The number of sulfonamides is 1. The molecule has 0 atom stereocenters. The average Bonchev–Trinajstić information content (AvgIpc) is 2.25. The van der Waals surface area contributed by atoms with E-state index in [1.807, 2.05) is 20.8 Å². The van der Waals surface area contributed by atoms with Crippen LogP contribution in [0.15, 0.2) is 29.2 Å². The molecule has 19 heavy (non-hydrogen) atoms. The largest absolute Gasteiger partial charge is 0.497 e. The standard InChI is InChI=1S/C13H19NO4S/c1-13(2,3)9-12(15)14-19(16,17)11-7-5-6-10(8-11)18-4/h5-8H,9H2,1-4H3,(H,14,15). The monoisotopic (exact) mass is 285 g/mol. The van der Waals surface area contributed by atoms with Gasteiger partial charge in [-0.05, 0) is 17.5 Å². The molecule has 0 aliphatic carbocycles. The fourth-order valence-corrected chi connectivity index (χ4v) is 2.51. The smallest absolute Gasteiger partial charge is 0.264 e. The second-order valence-electron chi connectivity index (χ2n) is 5.45. The van der Waals surface area contributed by atoms with Gasteiger partial charge in [0, 0.05) is 12.5 Å². The van der Waals surface area contributed by atoms with Gasteiger partial charge in [0.1, 0.15) is 5.75 Å². The van der Waals surface area contributed by atoms with Crippen LogP contribution in [0.5, 0.6) is 5.75 Å². The Morgan fingerprint density at radius 1 is 1.32 bits per heavy atom. The lowest BCUT2D eigenvalue weighted by Crippen LogP contribution is -2.33. The van der Waals surface area contributed by atoms with Crippen molar-refractivity contribution in [3.8, 4) is 5.75 Å². The van der Waals surface area contributed by atoms with Crippen LogP contribution in [-0.4, -0.2) is 21.4 Å². The molecular weight excluding hydrogens is 266 g/mol. The number of hydrogen-bond acceptors (Lipinski definition) is 4. The van der Waals surface area contributed by atoms with Gasteiger partial charge in [0.15, 0.2) is 0 Å². The molecule has 0 unspecified atom stereocenters. The van der Waals surface area contributed by atoms with Crippen molar-refractivity contribution in [3.63, 3.8) is 0 Å². The number of amides is 1. The number of carbonyl (C=O) groups excluding carboxylic acids is 1. The maximum absolute atomic E-state index is 12.0. The zero-order valence-electron chi connectivity index (χ0n) is 11.6. The number of ether oxygens (including phenoxy) is 1. The van der Waals surface area contributed by atoms with Crippen molar-refractivity contribution >= 4 is 15.9 Å². The molecular formula is C13H19NO4S. The summed E-state index contributed by atoms with van der Waals surface area (Å²) in [5.74, 6) is -0.0959. The SMILES string of the molecule is COc1cccc(S(=O)(=O)NC(=O)CC(C)(C)C)c1. The Morgan fingerprint density at radius 3 is 2.47 bits per heavy atom. The van der Waals surface area contributed by atoms with Crippen molar-refractivity contribution < 1.29 is 17.9 Å². The third kappa shape index (κ3) is 4.90. The van der Waals surface area contributed by atoms with E-state index in [9.17, 15) is 13.2 Å². The molecule has 6 heteroatoms. The average molecular weight is 285 g/mol. The Labute approximate surface area is 114 Å². The van der Waals surface area contributed by atoms with Gasteiger partial charge < -0.3 is 4.74 Å². The Bertz CT molecular complexity index is 558. The molecule has 0 radical (unpaired) electrons. The molecule has 0 aromatic heterocycles. The minimum absolute atomic E-state index is 0.00843. The zero-order chi connectivity index (χ0) is 14.7. The quantitative estimate of drug-likeness (QED) is 0.917. The Hall–Kier alpha value is -1.56. The maximum Gasteiger partial charge on any atom is 0.264 e. The molecule has 1 aromatic carbocycles. The highest BCUT2D eigenvalue weighted by atomic mass is 32.2. The van der Waals surface area contributed by atoms with E-state index in [1.54, 1.807) is 12.1 Å². The van der Waals surface area contributed by atoms with Gasteiger partial charge in [0.25, 0.3) is 10.0 Å². The van der Waals surface area contributed by atoms with Crippen LogP contribution in [0.25, 0.3) is 0 Å². The minimum Gasteiger partial charge on any atom is -0.497 e. The van der Waals surface area contributed by atoms with Crippen LogP contribution in [0.2, 0.25) is 0 Å². The molecule has 1 aromatic rings. The number of hydrogen-bond donors (Lipinski definition) is 1. The Balaban J connectivity index is 2.89. The van der Waals surface area contributed by atoms with Gasteiger partial charge in [0.05, 0.1) is 12.0 Å². The molecule has 0 heterocycles. The minimum atomic E-state index is -3.84. The summed E-state index contributed by atoms with van der Waals surface area (Å²) >= 11 is 0. The number of benzene rings is 1. The van der Waals surface area contributed by atoms with Crippen LogP contribution in [0.1, 0.15) is 27.2 Å². The van der Waals surface area contributed by atoms with Gasteiger partial charge in [-0.25, -0.2) is 13.1 Å². The lowest BCUT2D eigenvalue weighted by molar-refractivity contribution is -0.121. The van der Waals surface area contributed by atoms with E-state index >= 15 is 0 Å². The maximum atomic E-state index is 12.0. The van der Waals surface area contributed by atoms with Crippen LogP contribution in [0.4, 0.5) is 0 Å². The van der Waals surface area contributed by atoms with Crippen molar-refractivity contribution in [2.75, 3.05) is 7.11 Å². The topological polar surface area (TPSA) is 72.5 Å². The number of rotatable bonds is 4. The summed E-state index contributed by atoms with van der Waals surface area (Å²) in [6, 6.07) is 5.97. The number of nitrogens with one attached hydrogen (secondary N) is 1. The van der Waals surface area contributed by atoms with Crippen molar-refractivity contribution in [2.24, 2.45) is 5.41 Å². The summed E-state index contributed by atoms with van der Waals surface area (Å²) in [6.45, 7) is 5.60. The molecule has 5 nitrogen and oxygen atoms in total. The van der Waals surface area contributed by atoms with Crippen molar-refractivity contribution in [1.29, 1.82) is 0 Å². The number of methoxy groups -OCH3 is 1. The molecule has 0 aliphatic rings. The van der Waals surface area contributed by atoms with E-state index in [0.29, 0.717) is 5.75 Å². The molecule has 0 fully saturated rings. The lowest BCUT2D eigenvalue weighted by atomic mass is 9.92. The molecule has 0 saturated heterocycles. The fourth-order valence-electron chi connectivity index (χ4n) is 1.49. The first-order chi connectivity index (χ1) is 8.64. The highest BCUT2D eigenvalue weighted by Gasteiger charge is 2.22. The first-order valence-electron chi connectivity index (χ1n) is 5.84. The predicted molar refractivity (Wildman–Crippen MR) is 72.4 cm³/mol. The predicted octanol–water partition coefficient (Wildman–Crippen LogP) is 1.94. The lowest BCUT2D eigenvalue weighted by Gasteiger charge is -2.17. The first kappa shape index (κ1) is 15.5. The van der Waals surface area contributed by atoms with E-state index in [2.05, 4.69) is 4.72 Å². The van der Waals surface area contributed by atoms with E-state index in [1.165, 1.54) is 19.2 Å². The third-order valence-electron chi connectivity index (χ3n) is 2.29. The third-order valence-corrected chi connectivity index (χ3v) is 3.66. The van der Waals surface area contributed by atoms with Crippen molar-refractivity contribution in [3.05, 3.63) is 24.3 Å². The Kier molecular flexibility index (Phi) is 4.57. The van der Waals surface area contributed by atoms with Crippen LogP contribution in [0.3, 0.4) is 0 Å². The normalized spacial score (nSPS) is 12.0. The van der Waals surface area contributed by atoms with Crippen LogP contribution >= 0.6 is 0 Å². The van der Waals surface area contributed by atoms with E-state index in [4.69, 9.17) is 4.74 Å². The molecule has 1 rings (SSSR count). The summed E-state index contributed by atoms with van der Waals surface area (Å²) in [5, 5.41) is 0. The molecule has 106 valence electrons. The second kappa shape index (κ2) is 5.61. The van der Waals surface area contributed by atoms with Gasteiger partial charge in [0.2, 0.25) is 5.91 Å². The summed E-state index contributed by atoms with van der Waals surface area (Å²) in [6.07, 6.45) is 0.135. The van der Waals surface area contributed by atoms with E-state index in [0.717, 1.165) is 0 Å². The van der Waals surface area contributed by atoms with Gasteiger partial charge in [-0.3, -0.25) is 4.79 Å². The van der Waals surface area contributed by atoms with Crippen LogP contribution in [0, 0.1) is 5.41 Å². The second-order valence-corrected chi connectivity index (χ2v) is 7.13. The first-order valence-corrected chi connectivity index (χ1v) is 7.32. The van der Waals surface area contributed by atoms with Gasteiger partial charge in [-0.15, -0.1) is 0 Å². The molecule has 0 saturated carbocycles. The highest BCUT2D eigenvalue weighted by molar-refractivity contribution is 7.90.